The van der Waals surface area contributed by atoms with Gasteiger partial charge in [-0.3, -0.25) is 4.90 Å². The van der Waals surface area contributed by atoms with Crippen LogP contribution >= 0.6 is 0 Å². The third kappa shape index (κ3) is 2.33. The molecule has 2 aromatic rings. The number of fused-ring (bicyclic) bond motifs is 2. The normalized spacial score (nSPS) is 23.2. The van der Waals surface area contributed by atoms with Gasteiger partial charge in [0, 0.05) is 37.3 Å². The molecular formula is C17H21N3O. The summed E-state index contributed by atoms with van der Waals surface area (Å²) in [6, 6.07) is 8.22. The molecular weight excluding hydrogens is 262 g/mol. The fourth-order valence-electron chi connectivity index (χ4n) is 3.74. The van der Waals surface area contributed by atoms with Crippen LogP contribution in [0, 0.1) is 0 Å². The number of piperidine rings is 1. The van der Waals surface area contributed by atoms with E-state index < -0.39 is 0 Å². The summed E-state index contributed by atoms with van der Waals surface area (Å²) in [5, 5.41) is 12.0. The zero-order valence-electron chi connectivity index (χ0n) is 12.2. The summed E-state index contributed by atoms with van der Waals surface area (Å²) >= 11 is 0. The summed E-state index contributed by atoms with van der Waals surface area (Å²) in [6.45, 7) is 4.46. The van der Waals surface area contributed by atoms with Gasteiger partial charge >= 0.3 is 0 Å². The molecule has 1 aromatic carbocycles. The van der Waals surface area contributed by atoms with Gasteiger partial charge in [-0.25, -0.2) is 4.98 Å². The molecule has 4 rings (SSSR count). The topological polar surface area (TPSA) is 39.6 Å². The molecule has 0 amide bonds. The molecule has 1 unspecified atom stereocenters. The Morgan fingerprint density at radius 2 is 2.05 bits per heavy atom. The minimum Gasteiger partial charge on any atom is -0.508 e. The molecule has 1 N–H and O–H groups in total. The van der Waals surface area contributed by atoms with Crippen LogP contribution < -0.4 is 4.90 Å². The van der Waals surface area contributed by atoms with Crippen LogP contribution in [0.5, 0.6) is 5.75 Å². The van der Waals surface area contributed by atoms with E-state index in [1.807, 2.05) is 24.4 Å². The van der Waals surface area contributed by atoms with E-state index in [-0.39, 0.29) is 0 Å². The van der Waals surface area contributed by atoms with E-state index in [1.54, 1.807) is 6.07 Å². The Labute approximate surface area is 125 Å². The molecule has 0 saturated carbocycles. The number of aromatic nitrogens is 1. The molecule has 2 aliphatic heterocycles. The highest BCUT2D eigenvalue weighted by atomic mass is 16.3. The van der Waals surface area contributed by atoms with Gasteiger partial charge in [0.05, 0.1) is 0 Å². The van der Waals surface area contributed by atoms with E-state index in [9.17, 15) is 5.11 Å². The van der Waals surface area contributed by atoms with E-state index in [0.29, 0.717) is 11.8 Å². The molecule has 1 aromatic heterocycles. The van der Waals surface area contributed by atoms with E-state index >= 15 is 0 Å². The Bertz CT molecular complexity index is 658. The van der Waals surface area contributed by atoms with Crippen molar-refractivity contribution in [2.75, 3.05) is 31.1 Å². The summed E-state index contributed by atoms with van der Waals surface area (Å²) in [4.78, 5) is 9.63. The first-order valence-electron chi connectivity index (χ1n) is 7.88. The summed E-state index contributed by atoms with van der Waals surface area (Å²) in [7, 11) is 0. The van der Waals surface area contributed by atoms with Crippen molar-refractivity contribution < 1.29 is 5.11 Å². The number of piperazine rings is 1. The number of rotatable bonds is 1. The third-order valence-corrected chi connectivity index (χ3v) is 4.87. The lowest BCUT2D eigenvalue weighted by Gasteiger charge is -2.44. The number of anilines is 1. The molecule has 1 atom stereocenters. The van der Waals surface area contributed by atoms with Gasteiger partial charge in [0.15, 0.2) is 0 Å². The highest BCUT2D eigenvalue weighted by Gasteiger charge is 2.29. The van der Waals surface area contributed by atoms with E-state index in [4.69, 9.17) is 0 Å². The largest absolute Gasteiger partial charge is 0.508 e. The number of benzene rings is 1. The highest BCUT2D eigenvalue weighted by Crippen LogP contribution is 2.30. The van der Waals surface area contributed by atoms with Gasteiger partial charge in [0.1, 0.15) is 11.6 Å². The van der Waals surface area contributed by atoms with Gasteiger partial charge in [-0.05, 0) is 43.0 Å². The van der Waals surface area contributed by atoms with E-state index in [0.717, 1.165) is 36.2 Å². The van der Waals surface area contributed by atoms with Crippen molar-refractivity contribution in [2.24, 2.45) is 0 Å². The summed E-state index contributed by atoms with van der Waals surface area (Å²) < 4.78 is 0. The molecule has 0 spiro atoms. The maximum Gasteiger partial charge on any atom is 0.136 e. The second kappa shape index (κ2) is 5.19. The third-order valence-electron chi connectivity index (χ3n) is 4.87. The molecule has 0 bridgehead atoms. The first kappa shape index (κ1) is 12.9. The lowest BCUT2D eigenvalue weighted by atomic mass is 9.99. The fourth-order valence-corrected chi connectivity index (χ4v) is 3.74. The van der Waals surface area contributed by atoms with Gasteiger partial charge < -0.3 is 10.0 Å². The summed E-state index contributed by atoms with van der Waals surface area (Å²) in [5.41, 5.74) is 0. The van der Waals surface area contributed by atoms with Gasteiger partial charge in [0.25, 0.3) is 0 Å². The molecule has 3 heterocycles. The molecule has 4 heteroatoms. The van der Waals surface area contributed by atoms with Gasteiger partial charge in [-0.2, -0.15) is 0 Å². The van der Waals surface area contributed by atoms with Crippen molar-refractivity contribution in [3.8, 4) is 5.75 Å². The number of aromatic hydroxyl groups is 1. The minimum atomic E-state index is 0.313. The number of phenolic OH excluding ortho intramolecular Hbond substituents is 1. The molecule has 2 aliphatic rings. The number of phenols is 1. The van der Waals surface area contributed by atoms with E-state index in [2.05, 4.69) is 14.8 Å². The van der Waals surface area contributed by atoms with Crippen molar-refractivity contribution in [2.45, 2.75) is 25.3 Å². The van der Waals surface area contributed by atoms with Crippen molar-refractivity contribution in [1.82, 2.24) is 9.88 Å². The summed E-state index contributed by atoms with van der Waals surface area (Å²) in [5.74, 6) is 1.33. The molecule has 0 aliphatic carbocycles. The van der Waals surface area contributed by atoms with Crippen molar-refractivity contribution >= 4 is 16.6 Å². The molecule has 2 fully saturated rings. The lowest BCUT2D eigenvalue weighted by molar-refractivity contribution is 0.133. The van der Waals surface area contributed by atoms with Crippen molar-refractivity contribution in [3.63, 3.8) is 0 Å². The van der Waals surface area contributed by atoms with Crippen LogP contribution in [-0.4, -0.2) is 47.2 Å². The second-order valence-corrected chi connectivity index (χ2v) is 6.17. The predicted octanol–water partition coefficient (Wildman–Crippen LogP) is 2.61. The Morgan fingerprint density at radius 3 is 3.00 bits per heavy atom. The van der Waals surface area contributed by atoms with Crippen LogP contribution in [0.3, 0.4) is 0 Å². The smallest absolute Gasteiger partial charge is 0.136 e. The number of nitrogens with zero attached hydrogens (tertiary/aromatic N) is 3. The average molecular weight is 283 g/mol. The first-order valence-corrected chi connectivity index (χ1v) is 7.88. The van der Waals surface area contributed by atoms with Gasteiger partial charge in [-0.1, -0.05) is 12.5 Å². The van der Waals surface area contributed by atoms with E-state index in [1.165, 1.54) is 25.8 Å². The fraction of sp³-hybridized carbons (Fsp3) is 0.471. The Morgan fingerprint density at radius 1 is 1.10 bits per heavy atom. The van der Waals surface area contributed by atoms with Gasteiger partial charge in [0.2, 0.25) is 0 Å². The molecule has 4 nitrogen and oxygen atoms in total. The Kier molecular flexibility index (Phi) is 3.19. The van der Waals surface area contributed by atoms with Crippen LogP contribution in [0.25, 0.3) is 10.8 Å². The maximum atomic E-state index is 9.79. The van der Waals surface area contributed by atoms with Crippen molar-refractivity contribution in [1.29, 1.82) is 0 Å². The number of hydrogen-bond donors (Lipinski definition) is 1. The first-order chi connectivity index (χ1) is 10.3. The minimum absolute atomic E-state index is 0.313. The number of hydrogen-bond acceptors (Lipinski definition) is 4. The Balaban J connectivity index is 1.68. The van der Waals surface area contributed by atoms with Crippen molar-refractivity contribution in [3.05, 3.63) is 30.5 Å². The molecule has 0 radical (unpaired) electrons. The molecule has 21 heavy (non-hydrogen) atoms. The zero-order valence-corrected chi connectivity index (χ0v) is 12.2. The van der Waals surface area contributed by atoms with Gasteiger partial charge in [-0.15, -0.1) is 0 Å². The SMILES string of the molecule is Oc1ccc2ccnc(N3CCN4CCCCC4C3)c2c1. The van der Waals surface area contributed by atoms with Crippen LogP contribution in [0.1, 0.15) is 19.3 Å². The second-order valence-electron chi connectivity index (χ2n) is 6.17. The maximum absolute atomic E-state index is 9.79. The van der Waals surface area contributed by atoms with Crippen LogP contribution in [0.4, 0.5) is 5.82 Å². The average Bonchev–Trinajstić information content (AvgIpc) is 2.54. The van der Waals surface area contributed by atoms with Crippen LogP contribution in [0.15, 0.2) is 30.5 Å². The van der Waals surface area contributed by atoms with Crippen LogP contribution in [-0.2, 0) is 0 Å². The monoisotopic (exact) mass is 283 g/mol. The number of pyridine rings is 1. The predicted molar refractivity (Wildman–Crippen MR) is 84.8 cm³/mol. The molecule has 110 valence electrons. The molecule has 2 saturated heterocycles. The quantitative estimate of drug-likeness (QED) is 0.873. The summed E-state index contributed by atoms with van der Waals surface area (Å²) in [6.07, 6.45) is 5.87. The standard InChI is InChI=1S/C17H21N3O/c21-15-5-4-13-6-7-18-17(16(13)11-15)20-10-9-19-8-2-1-3-14(19)12-20/h4-7,11,14,21H,1-3,8-10,12H2. The van der Waals surface area contributed by atoms with Crippen LogP contribution in [0.2, 0.25) is 0 Å². The zero-order chi connectivity index (χ0) is 14.2. The Hall–Kier alpha value is -1.81. The lowest BCUT2D eigenvalue weighted by Crippen LogP contribution is -2.55. The highest BCUT2D eigenvalue weighted by molar-refractivity contribution is 5.93.